The average Bonchev–Trinajstić information content (AvgIpc) is 2.63. The summed E-state index contributed by atoms with van der Waals surface area (Å²) in [7, 11) is 1.82. The normalized spacial score (nSPS) is 44.7. The molecule has 2 fully saturated rings. The number of ether oxygens (including phenoxy) is 1. The van der Waals surface area contributed by atoms with Crippen LogP contribution in [0.4, 0.5) is 0 Å². The quantitative estimate of drug-likeness (QED) is 0.548. The summed E-state index contributed by atoms with van der Waals surface area (Å²) >= 11 is 0. The number of rotatable bonds is 2. The van der Waals surface area contributed by atoms with Crippen molar-refractivity contribution in [3.63, 3.8) is 0 Å². The molecule has 52 valence electrons. The molecular weight excluding hydrogens is 114 g/mol. The molecule has 1 N–H and O–H groups in total. The maximum atomic E-state index is 5.38. The van der Waals surface area contributed by atoms with Crippen molar-refractivity contribution in [2.24, 2.45) is 0 Å². The van der Waals surface area contributed by atoms with Crippen molar-refractivity contribution in [3.05, 3.63) is 0 Å². The molecule has 1 aliphatic carbocycles. The van der Waals surface area contributed by atoms with Crippen molar-refractivity contribution in [1.29, 1.82) is 0 Å². The van der Waals surface area contributed by atoms with E-state index in [2.05, 4.69) is 12.2 Å². The maximum Gasteiger partial charge on any atom is 0.0848 e. The fourth-order valence-corrected chi connectivity index (χ4v) is 1.60. The van der Waals surface area contributed by atoms with E-state index in [0.717, 1.165) is 0 Å². The van der Waals surface area contributed by atoms with Gasteiger partial charge in [-0.25, -0.2) is 0 Å². The lowest BCUT2D eigenvalue weighted by Gasteiger charge is -2.09. The first kappa shape index (κ1) is 5.69. The van der Waals surface area contributed by atoms with Gasteiger partial charge in [0.2, 0.25) is 0 Å². The predicted molar refractivity (Wildman–Crippen MR) is 35.4 cm³/mol. The predicted octanol–water partition coefficient (Wildman–Crippen LogP) is 0.526. The standard InChI is InChI=1S/C7H13NO/c1-5-6(8-5)7(9-2)3-4-7/h5-6,8H,3-4H2,1-2H3. The van der Waals surface area contributed by atoms with Crippen molar-refractivity contribution < 1.29 is 4.74 Å². The SMILES string of the molecule is COC1(C2NC2C)CC1. The molecule has 0 aromatic rings. The van der Waals surface area contributed by atoms with Crippen LogP contribution in [0.15, 0.2) is 0 Å². The van der Waals surface area contributed by atoms with Gasteiger partial charge in [0.05, 0.1) is 11.6 Å². The Hall–Kier alpha value is -0.0800. The molecular formula is C7H13NO. The van der Waals surface area contributed by atoms with Gasteiger partial charge in [-0.3, -0.25) is 0 Å². The summed E-state index contributed by atoms with van der Waals surface area (Å²) in [6.45, 7) is 2.21. The van der Waals surface area contributed by atoms with E-state index in [1.54, 1.807) is 0 Å². The van der Waals surface area contributed by atoms with Crippen LogP contribution in [0.5, 0.6) is 0 Å². The first-order valence-electron chi connectivity index (χ1n) is 3.60. The summed E-state index contributed by atoms with van der Waals surface area (Å²) in [6.07, 6.45) is 2.51. The molecule has 0 spiro atoms. The molecule has 1 saturated carbocycles. The van der Waals surface area contributed by atoms with Crippen LogP contribution in [0.3, 0.4) is 0 Å². The first-order valence-corrected chi connectivity index (χ1v) is 3.60. The van der Waals surface area contributed by atoms with Crippen molar-refractivity contribution in [1.82, 2.24) is 5.32 Å². The maximum absolute atomic E-state index is 5.38. The molecule has 2 aliphatic rings. The van der Waals surface area contributed by atoms with Crippen LogP contribution in [-0.2, 0) is 4.74 Å². The van der Waals surface area contributed by atoms with Crippen LogP contribution in [0.25, 0.3) is 0 Å². The molecule has 1 aliphatic heterocycles. The van der Waals surface area contributed by atoms with Gasteiger partial charge in [-0.05, 0) is 19.8 Å². The minimum Gasteiger partial charge on any atom is -0.377 e. The lowest BCUT2D eigenvalue weighted by molar-refractivity contribution is 0.0776. The summed E-state index contributed by atoms with van der Waals surface area (Å²) in [4.78, 5) is 0. The van der Waals surface area contributed by atoms with Crippen LogP contribution >= 0.6 is 0 Å². The Morgan fingerprint density at radius 3 is 2.22 bits per heavy atom. The smallest absolute Gasteiger partial charge is 0.0848 e. The van der Waals surface area contributed by atoms with E-state index in [1.807, 2.05) is 7.11 Å². The summed E-state index contributed by atoms with van der Waals surface area (Å²) in [6, 6.07) is 1.37. The van der Waals surface area contributed by atoms with Gasteiger partial charge in [-0.15, -0.1) is 0 Å². The van der Waals surface area contributed by atoms with Crippen molar-refractivity contribution >= 4 is 0 Å². The van der Waals surface area contributed by atoms with Gasteiger partial charge >= 0.3 is 0 Å². The Bertz CT molecular complexity index is 131. The molecule has 0 amide bonds. The third-order valence-corrected chi connectivity index (χ3v) is 2.55. The largest absolute Gasteiger partial charge is 0.377 e. The summed E-state index contributed by atoms with van der Waals surface area (Å²) in [5.41, 5.74) is 0.263. The molecule has 9 heavy (non-hydrogen) atoms. The first-order chi connectivity index (χ1) is 4.28. The summed E-state index contributed by atoms with van der Waals surface area (Å²) in [5.74, 6) is 0. The van der Waals surface area contributed by atoms with E-state index >= 15 is 0 Å². The molecule has 1 heterocycles. The number of nitrogens with one attached hydrogen (secondary N) is 1. The van der Waals surface area contributed by atoms with E-state index in [4.69, 9.17) is 4.74 Å². The Labute approximate surface area is 55.6 Å². The average molecular weight is 127 g/mol. The van der Waals surface area contributed by atoms with Gasteiger partial charge in [0.15, 0.2) is 0 Å². The van der Waals surface area contributed by atoms with Crippen molar-refractivity contribution in [2.45, 2.75) is 37.5 Å². The molecule has 2 heteroatoms. The number of hydrogen-bond acceptors (Lipinski definition) is 2. The summed E-state index contributed by atoms with van der Waals surface area (Å²) in [5, 5.41) is 3.36. The van der Waals surface area contributed by atoms with Gasteiger partial charge in [-0.1, -0.05) is 0 Å². The van der Waals surface area contributed by atoms with Crippen LogP contribution in [0.2, 0.25) is 0 Å². The Balaban J connectivity index is 1.97. The van der Waals surface area contributed by atoms with Gasteiger partial charge in [0, 0.05) is 13.2 Å². The van der Waals surface area contributed by atoms with Gasteiger partial charge in [0.1, 0.15) is 0 Å². The topological polar surface area (TPSA) is 31.2 Å². The zero-order chi connectivity index (χ0) is 6.48. The van der Waals surface area contributed by atoms with Crippen molar-refractivity contribution in [3.8, 4) is 0 Å². The summed E-state index contributed by atoms with van der Waals surface area (Å²) < 4.78 is 5.38. The second-order valence-corrected chi connectivity index (χ2v) is 3.20. The Morgan fingerprint density at radius 1 is 1.56 bits per heavy atom. The fourth-order valence-electron chi connectivity index (χ4n) is 1.60. The minimum atomic E-state index is 0.263. The highest BCUT2D eigenvalue weighted by atomic mass is 16.5. The molecule has 2 rings (SSSR count). The highest BCUT2D eigenvalue weighted by molar-refractivity contribution is 5.16. The molecule has 0 aromatic heterocycles. The third-order valence-electron chi connectivity index (χ3n) is 2.55. The van der Waals surface area contributed by atoms with Gasteiger partial charge < -0.3 is 10.1 Å². The van der Waals surface area contributed by atoms with E-state index < -0.39 is 0 Å². The van der Waals surface area contributed by atoms with E-state index in [9.17, 15) is 0 Å². The molecule has 0 bridgehead atoms. The second-order valence-electron chi connectivity index (χ2n) is 3.20. The fraction of sp³-hybridized carbons (Fsp3) is 1.00. The monoisotopic (exact) mass is 127 g/mol. The van der Waals surface area contributed by atoms with Crippen LogP contribution in [0, 0.1) is 0 Å². The van der Waals surface area contributed by atoms with Gasteiger partial charge in [-0.2, -0.15) is 0 Å². The van der Waals surface area contributed by atoms with Crippen LogP contribution in [0.1, 0.15) is 19.8 Å². The molecule has 2 nitrogen and oxygen atoms in total. The lowest BCUT2D eigenvalue weighted by atomic mass is 10.2. The zero-order valence-electron chi connectivity index (χ0n) is 5.98. The minimum absolute atomic E-state index is 0.263. The molecule has 0 aromatic carbocycles. The van der Waals surface area contributed by atoms with E-state index in [1.165, 1.54) is 12.8 Å². The zero-order valence-corrected chi connectivity index (χ0v) is 5.98. The Morgan fingerprint density at radius 2 is 2.11 bits per heavy atom. The molecule has 2 atom stereocenters. The van der Waals surface area contributed by atoms with Crippen LogP contribution in [-0.4, -0.2) is 24.8 Å². The molecule has 1 saturated heterocycles. The third kappa shape index (κ3) is 0.700. The number of methoxy groups -OCH3 is 1. The molecule has 2 unspecified atom stereocenters. The highest BCUT2D eigenvalue weighted by Gasteiger charge is 2.58. The van der Waals surface area contributed by atoms with Crippen LogP contribution < -0.4 is 5.32 Å². The van der Waals surface area contributed by atoms with E-state index in [0.29, 0.717) is 12.1 Å². The highest BCUT2D eigenvalue weighted by Crippen LogP contribution is 2.47. The lowest BCUT2D eigenvalue weighted by Crippen LogP contribution is -2.22. The van der Waals surface area contributed by atoms with E-state index in [-0.39, 0.29) is 5.60 Å². The van der Waals surface area contributed by atoms with Gasteiger partial charge in [0.25, 0.3) is 0 Å². The number of hydrogen-bond donors (Lipinski definition) is 1. The second kappa shape index (κ2) is 1.50. The molecule has 0 radical (unpaired) electrons. The Kier molecular flexibility index (Phi) is 0.945. The van der Waals surface area contributed by atoms with Crippen molar-refractivity contribution in [2.75, 3.05) is 7.11 Å².